The molecule has 0 aliphatic carbocycles. The second-order valence-electron chi connectivity index (χ2n) is 8.69. The second-order valence-corrected chi connectivity index (χ2v) is 9.10. The number of hydrogen-bond acceptors (Lipinski definition) is 7. The molecule has 1 amide bonds. The molecular formula is C29H30ClN5O3. The first kappa shape index (κ1) is 26.9. The van der Waals surface area contributed by atoms with Gasteiger partial charge in [0.2, 0.25) is 5.91 Å². The van der Waals surface area contributed by atoms with Gasteiger partial charge in [-0.1, -0.05) is 23.7 Å². The fourth-order valence-corrected chi connectivity index (χ4v) is 3.92. The van der Waals surface area contributed by atoms with Crippen LogP contribution in [0.4, 0.5) is 17.1 Å². The van der Waals surface area contributed by atoms with Gasteiger partial charge in [-0.2, -0.15) is 0 Å². The van der Waals surface area contributed by atoms with E-state index in [0.29, 0.717) is 42.0 Å². The quantitative estimate of drug-likeness (QED) is 0.227. The largest absolute Gasteiger partial charge is 0.492 e. The molecule has 2 N–H and O–H groups in total. The molecule has 0 atom stereocenters. The van der Waals surface area contributed by atoms with Gasteiger partial charge in [-0.25, -0.2) is 0 Å². The summed E-state index contributed by atoms with van der Waals surface area (Å²) in [7, 11) is 3.88. The van der Waals surface area contributed by atoms with Gasteiger partial charge in [-0.3, -0.25) is 14.8 Å². The van der Waals surface area contributed by atoms with Gasteiger partial charge in [0.05, 0.1) is 28.5 Å². The smallest absolute Gasteiger partial charge is 0.248 e. The average Bonchev–Trinajstić information content (AvgIpc) is 2.89. The van der Waals surface area contributed by atoms with Crippen LogP contribution in [0.3, 0.4) is 0 Å². The Morgan fingerprint density at radius 1 is 1.00 bits per heavy atom. The molecule has 38 heavy (non-hydrogen) atoms. The van der Waals surface area contributed by atoms with Crippen molar-refractivity contribution in [1.29, 1.82) is 0 Å². The monoisotopic (exact) mass is 531 g/mol. The van der Waals surface area contributed by atoms with Crippen LogP contribution in [-0.4, -0.2) is 48.0 Å². The number of carbonyl (C=O) groups excluding carboxylic acids is 1. The van der Waals surface area contributed by atoms with E-state index < -0.39 is 0 Å². The van der Waals surface area contributed by atoms with Crippen LogP contribution in [0.15, 0.2) is 79.1 Å². The van der Waals surface area contributed by atoms with Crippen molar-refractivity contribution in [1.82, 2.24) is 14.9 Å². The molecule has 2 heterocycles. The third-order valence-corrected chi connectivity index (χ3v) is 5.75. The SMILES string of the molecule is CCOc1cc2nccc(Nc3ccc(OCc4ccccn4)c(Cl)c3)c2cc1NC(=O)/C=C/CN(C)C. The van der Waals surface area contributed by atoms with Crippen molar-refractivity contribution >= 4 is 45.5 Å². The van der Waals surface area contributed by atoms with Crippen LogP contribution in [0.1, 0.15) is 12.6 Å². The molecule has 0 aliphatic heterocycles. The number of rotatable bonds is 11. The van der Waals surface area contributed by atoms with Crippen molar-refractivity contribution in [3.63, 3.8) is 0 Å². The van der Waals surface area contributed by atoms with Gasteiger partial charge in [0, 0.05) is 47.8 Å². The van der Waals surface area contributed by atoms with E-state index in [1.807, 2.05) is 74.4 Å². The normalized spacial score (nSPS) is 11.2. The maximum atomic E-state index is 12.5. The second kappa shape index (κ2) is 12.9. The number of pyridine rings is 2. The van der Waals surface area contributed by atoms with Crippen molar-refractivity contribution < 1.29 is 14.3 Å². The number of halogens is 1. The number of likely N-dealkylation sites (N-methyl/N-ethyl adjacent to an activating group) is 1. The van der Waals surface area contributed by atoms with Crippen molar-refractivity contribution in [3.8, 4) is 11.5 Å². The van der Waals surface area contributed by atoms with E-state index in [1.165, 1.54) is 6.08 Å². The van der Waals surface area contributed by atoms with Gasteiger partial charge in [0.1, 0.15) is 18.1 Å². The van der Waals surface area contributed by atoms with E-state index in [9.17, 15) is 4.79 Å². The number of fused-ring (bicyclic) bond motifs is 1. The van der Waals surface area contributed by atoms with Gasteiger partial charge >= 0.3 is 0 Å². The van der Waals surface area contributed by atoms with Crippen molar-refractivity contribution in [2.75, 3.05) is 37.9 Å². The number of hydrogen-bond donors (Lipinski definition) is 2. The highest BCUT2D eigenvalue weighted by atomic mass is 35.5. The zero-order chi connectivity index (χ0) is 26.9. The lowest BCUT2D eigenvalue weighted by Gasteiger charge is -2.15. The Labute approximate surface area is 227 Å². The summed E-state index contributed by atoms with van der Waals surface area (Å²) in [5, 5.41) is 7.62. The Balaban J connectivity index is 1.56. The highest BCUT2D eigenvalue weighted by Crippen LogP contribution is 2.35. The van der Waals surface area contributed by atoms with Crippen LogP contribution < -0.4 is 20.1 Å². The van der Waals surface area contributed by atoms with Crippen LogP contribution >= 0.6 is 11.6 Å². The third kappa shape index (κ3) is 7.21. The molecule has 0 radical (unpaired) electrons. The van der Waals surface area contributed by atoms with Crippen LogP contribution in [0.5, 0.6) is 11.5 Å². The van der Waals surface area contributed by atoms with Crippen molar-refractivity contribution in [2.45, 2.75) is 13.5 Å². The summed E-state index contributed by atoms with van der Waals surface area (Å²) < 4.78 is 11.6. The Bertz CT molecular complexity index is 1430. The fraction of sp³-hybridized carbons (Fsp3) is 0.207. The molecule has 0 bridgehead atoms. The Kier molecular flexibility index (Phi) is 9.13. The molecule has 0 aliphatic rings. The minimum Gasteiger partial charge on any atom is -0.492 e. The molecular weight excluding hydrogens is 502 g/mol. The Hall–Kier alpha value is -4.14. The van der Waals surface area contributed by atoms with Gasteiger partial charge in [0.25, 0.3) is 0 Å². The zero-order valence-corrected chi connectivity index (χ0v) is 22.3. The highest BCUT2D eigenvalue weighted by molar-refractivity contribution is 6.32. The molecule has 2 aromatic carbocycles. The number of benzene rings is 2. The van der Waals surface area contributed by atoms with Gasteiger partial charge in [-0.05, 0) is 63.5 Å². The van der Waals surface area contributed by atoms with Crippen molar-refractivity contribution in [2.24, 2.45) is 0 Å². The molecule has 0 saturated carbocycles. The molecule has 4 aromatic rings. The molecule has 4 rings (SSSR count). The van der Waals surface area contributed by atoms with Crippen LogP contribution in [-0.2, 0) is 11.4 Å². The number of aromatic nitrogens is 2. The first-order valence-corrected chi connectivity index (χ1v) is 12.6. The Morgan fingerprint density at radius 3 is 2.61 bits per heavy atom. The molecule has 196 valence electrons. The number of nitrogens with one attached hydrogen (secondary N) is 2. The van der Waals surface area contributed by atoms with Crippen LogP contribution in [0.2, 0.25) is 5.02 Å². The molecule has 2 aromatic heterocycles. The third-order valence-electron chi connectivity index (χ3n) is 5.45. The van der Waals surface area contributed by atoms with Crippen molar-refractivity contribution in [3.05, 3.63) is 89.9 Å². The maximum Gasteiger partial charge on any atom is 0.248 e. The summed E-state index contributed by atoms with van der Waals surface area (Å²) in [5.41, 5.74) is 3.68. The summed E-state index contributed by atoms with van der Waals surface area (Å²) >= 11 is 6.51. The highest BCUT2D eigenvalue weighted by Gasteiger charge is 2.13. The number of anilines is 3. The lowest BCUT2D eigenvalue weighted by atomic mass is 10.1. The first-order valence-electron chi connectivity index (χ1n) is 12.2. The number of ether oxygens (including phenoxy) is 2. The van der Waals surface area contributed by atoms with E-state index in [4.69, 9.17) is 21.1 Å². The molecule has 0 saturated heterocycles. The molecule has 9 heteroatoms. The maximum absolute atomic E-state index is 12.5. The predicted molar refractivity (Wildman–Crippen MR) is 153 cm³/mol. The topological polar surface area (TPSA) is 88.6 Å². The minimum atomic E-state index is -0.237. The summed E-state index contributed by atoms with van der Waals surface area (Å²) in [6.07, 6.45) is 6.76. The standard InChI is InChI=1S/C29H30ClN5O3/c1-4-37-28-18-25-22(17-26(28)34-29(36)9-7-15-35(2)3)24(12-14-32-25)33-20-10-11-27(23(30)16-20)38-19-21-8-5-6-13-31-21/h5-14,16-18H,4,15,19H2,1-3H3,(H,32,33)(H,34,36)/b9-7+. The van der Waals surface area contributed by atoms with Gasteiger partial charge in [-0.15, -0.1) is 0 Å². The van der Waals surface area contributed by atoms with E-state index in [1.54, 1.807) is 24.5 Å². The fourth-order valence-electron chi connectivity index (χ4n) is 3.69. The minimum absolute atomic E-state index is 0.237. The van der Waals surface area contributed by atoms with Gasteiger partial charge in [0.15, 0.2) is 0 Å². The number of carbonyl (C=O) groups is 1. The zero-order valence-electron chi connectivity index (χ0n) is 21.6. The van der Waals surface area contributed by atoms with Gasteiger partial charge < -0.3 is 25.0 Å². The Morgan fingerprint density at radius 2 is 1.87 bits per heavy atom. The summed E-state index contributed by atoms with van der Waals surface area (Å²) in [5.74, 6) is 0.881. The lowest BCUT2D eigenvalue weighted by molar-refractivity contribution is -0.111. The van der Waals surface area contributed by atoms with Crippen LogP contribution in [0.25, 0.3) is 10.9 Å². The predicted octanol–water partition coefficient (Wildman–Crippen LogP) is 6.06. The number of amides is 1. The van der Waals surface area contributed by atoms with Crippen LogP contribution in [0, 0.1) is 0 Å². The molecule has 0 spiro atoms. The van der Waals surface area contributed by atoms with E-state index in [0.717, 1.165) is 28.0 Å². The summed E-state index contributed by atoms with van der Waals surface area (Å²) in [6.45, 7) is 3.34. The molecule has 0 unspecified atom stereocenters. The summed E-state index contributed by atoms with van der Waals surface area (Å²) in [4.78, 5) is 23.3. The lowest BCUT2D eigenvalue weighted by Crippen LogP contribution is -2.13. The molecule has 8 nitrogen and oxygen atoms in total. The number of nitrogens with zero attached hydrogens (tertiary/aromatic N) is 3. The molecule has 0 fully saturated rings. The summed E-state index contributed by atoms with van der Waals surface area (Å²) in [6, 6.07) is 16.7. The first-order chi connectivity index (χ1) is 18.4. The average molecular weight is 532 g/mol. The van der Waals surface area contributed by atoms with E-state index >= 15 is 0 Å². The van der Waals surface area contributed by atoms with E-state index in [-0.39, 0.29) is 5.91 Å². The van der Waals surface area contributed by atoms with E-state index in [2.05, 4.69) is 20.6 Å².